The topological polar surface area (TPSA) is 59.3 Å². The lowest BCUT2D eigenvalue weighted by molar-refractivity contribution is -0.670. The normalized spacial score (nSPS) is 11.6. The summed E-state index contributed by atoms with van der Waals surface area (Å²) >= 11 is 0. The molecule has 3 N–H and O–H groups in total. The summed E-state index contributed by atoms with van der Waals surface area (Å²) < 4.78 is 3.41. The first-order chi connectivity index (χ1) is 12.1. The van der Waals surface area contributed by atoms with Crippen LogP contribution >= 0.6 is 0 Å². The Bertz CT molecular complexity index is 1100. The van der Waals surface area contributed by atoms with Gasteiger partial charge in [-0.2, -0.15) is 0 Å². The van der Waals surface area contributed by atoms with E-state index in [-0.39, 0.29) is 5.69 Å². The molecule has 0 bridgehead atoms. The molecule has 0 aliphatic heterocycles. The van der Waals surface area contributed by atoms with E-state index in [0.717, 1.165) is 30.5 Å². The maximum atomic E-state index is 12.0. The maximum Gasteiger partial charge on any atom is 0.328 e. The van der Waals surface area contributed by atoms with Crippen LogP contribution in [0.3, 0.4) is 0 Å². The third kappa shape index (κ3) is 2.76. The van der Waals surface area contributed by atoms with Gasteiger partial charge in [0.15, 0.2) is 0 Å². The van der Waals surface area contributed by atoms with Gasteiger partial charge in [-0.1, -0.05) is 24.3 Å². The quantitative estimate of drug-likeness (QED) is 0.536. The average molecular weight is 335 g/mol. The highest BCUT2D eigenvalue weighted by molar-refractivity contribution is 5.83. The Balaban J connectivity index is 1.42. The smallest absolute Gasteiger partial charge is 0.328 e. The molecule has 0 aliphatic carbocycles. The molecule has 0 aliphatic rings. The van der Waals surface area contributed by atoms with Crippen molar-refractivity contribution < 1.29 is 5.32 Å². The van der Waals surface area contributed by atoms with Crippen LogP contribution in [0.1, 0.15) is 11.1 Å². The number of rotatable bonds is 5. The SMILES string of the molecule is Cn1c(=O)n(C)c2cc(C[NH2+]CCc3c[nH]c4ccccc34)ccc21. The first kappa shape index (κ1) is 15.7. The van der Waals surface area contributed by atoms with Gasteiger partial charge >= 0.3 is 5.69 Å². The predicted molar refractivity (Wildman–Crippen MR) is 101 cm³/mol. The molecule has 5 heteroatoms. The van der Waals surface area contributed by atoms with Crippen LogP contribution in [0.2, 0.25) is 0 Å². The third-order valence-corrected chi connectivity index (χ3v) is 5.01. The lowest BCUT2D eigenvalue weighted by atomic mass is 10.1. The van der Waals surface area contributed by atoms with Gasteiger partial charge in [0.25, 0.3) is 0 Å². The van der Waals surface area contributed by atoms with Crippen molar-refractivity contribution in [1.29, 1.82) is 0 Å². The van der Waals surface area contributed by atoms with Crippen LogP contribution in [0, 0.1) is 0 Å². The van der Waals surface area contributed by atoms with E-state index in [0.29, 0.717) is 0 Å². The van der Waals surface area contributed by atoms with Gasteiger partial charge in [-0.15, -0.1) is 0 Å². The Morgan fingerprint density at radius 3 is 2.72 bits per heavy atom. The van der Waals surface area contributed by atoms with Crippen molar-refractivity contribution in [3.05, 3.63) is 70.3 Å². The number of quaternary nitrogens is 1. The zero-order chi connectivity index (χ0) is 17.4. The highest BCUT2D eigenvalue weighted by Crippen LogP contribution is 2.17. The second-order valence-electron chi connectivity index (χ2n) is 6.61. The molecule has 2 aromatic heterocycles. The van der Waals surface area contributed by atoms with Crippen LogP contribution in [0.5, 0.6) is 0 Å². The van der Waals surface area contributed by atoms with Crippen LogP contribution < -0.4 is 11.0 Å². The molecule has 0 saturated heterocycles. The van der Waals surface area contributed by atoms with Crippen LogP contribution in [0.25, 0.3) is 21.9 Å². The number of benzene rings is 2. The Kier molecular flexibility index (Phi) is 3.93. The minimum absolute atomic E-state index is 0.0236. The number of fused-ring (bicyclic) bond motifs is 2. The fraction of sp³-hybridized carbons (Fsp3) is 0.250. The fourth-order valence-corrected chi connectivity index (χ4v) is 3.54. The number of aromatic amines is 1. The number of hydrogen-bond donors (Lipinski definition) is 2. The van der Waals surface area contributed by atoms with Gasteiger partial charge in [0.05, 0.1) is 17.6 Å². The summed E-state index contributed by atoms with van der Waals surface area (Å²) in [6.07, 6.45) is 3.15. The van der Waals surface area contributed by atoms with Gasteiger partial charge in [-0.3, -0.25) is 9.13 Å². The van der Waals surface area contributed by atoms with Crippen molar-refractivity contribution in [3.8, 4) is 0 Å². The molecule has 0 fully saturated rings. The highest BCUT2D eigenvalue weighted by Gasteiger charge is 2.09. The average Bonchev–Trinajstić information content (AvgIpc) is 3.14. The molecule has 0 saturated carbocycles. The summed E-state index contributed by atoms with van der Waals surface area (Å²) in [6, 6.07) is 14.7. The number of aryl methyl sites for hydroxylation is 2. The summed E-state index contributed by atoms with van der Waals surface area (Å²) in [7, 11) is 3.65. The molecule has 2 heterocycles. The largest absolute Gasteiger partial charge is 0.361 e. The Hall–Kier alpha value is -2.79. The van der Waals surface area contributed by atoms with E-state index in [4.69, 9.17) is 0 Å². The molecule has 0 atom stereocenters. The van der Waals surface area contributed by atoms with E-state index in [1.807, 2.05) is 20.2 Å². The van der Waals surface area contributed by atoms with Gasteiger partial charge in [0.2, 0.25) is 0 Å². The fourth-order valence-electron chi connectivity index (χ4n) is 3.54. The summed E-state index contributed by atoms with van der Waals surface area (Å²) in [6.45, 7) is 1.95. The summed E-state index contributed by atoms with van der Waals surface area (Å²) in [5.41, 5.74) is 5.81. The Morgan fingerprint density at radius 1 is 1.04 bits per heavy atom. The van der Waals surface area contributed by atoms with Crippen molar-refractivity contribution in [2.24, 2.45) is 14.1 Å². The number of hydrogen-bond acceptors (Lipinski definition) is 1. The Labute approximate surface area is 145 Å². The van der Waals surface area contributed by atoms with E-state index in [1.165, 1.54) is 22.0 Å². The van der Waals surface area contributed by atoms with E-state index < -0.39 is 0 Å². The molecular formula is C20H23N4O+. The van der Waals surface area contributed by atoms with E-state index in [2.05, 4.69) is 52.9 Å². The maximum absolute atomic E-state index is 12.0. The number of aromatic nitrogens is 3. The number of nitrogens with two attached hydrogens (primary N) is 1. The van der Waals surface area contributed by atoms with Gasteiger partial charge in [-0.05, 0) is 23.8 Å². The van der Waals surface area contributed by atoms with E-state index in [1.54, 1.807) is 9.13 Å². The van der Waals surface area contributed by atoms with Crippen molar-refractivity contribution in [3.63, 3.8) is 0 Å². The molecule has 5 nitrogen and oxygen atoms in total. The van der Waals surface area contributed by atoms with Crippen molar-refractivity contribution in [2.45, 2.75) is 13.0 Å². The lowest BCUT2D eigenvalue weighted by Gasteiger charge is -2.03. The minimum Gasteiger partial charge on any atom is -0.361 e. The van der Waals surface area contributed by atoms with Crippen LogP contribution in [-0.2, 0) is 27.1 Å². The van der Waals surface area contributed by atoms with Gasteiger partial charge in [0, 0.05) is 43.2 Å². The van der Waals surface area contributed by atoms with Crippen LogP contribution in [0.4, 0.5) is 0 Å². The summed E-state index contributed by atoms with van der Waals surface area (Å²) in [5, 5.41) is 3.64. The molecule has 4 aromatic rings. The zero-order valence-corrected chi connectivity index (χ0v) is 14.6. The lowest BCUT2D eigenvalue weighted by Crippen LogP contribution is -2.83. The van der Waals surface area contributed by atoms with E-state index in [9.17, 15) is 4.79 Å². The molecule has 2 aromatic carbocycles. The van der Waals surface area contributed by atoms with Gasteiger partial charge < -0.3 is 10.3 Å². The summed E-state index contributed by atoms with van der Waals surface area (Å²) in [5.74, 6) is 0. The summed E-state index contributed by atoms with van der Waals surface area (Å²) in [4.78, 5) is 15.3. The molecule has 0 radical (unpaired) electrons. The van der Waals surface area contributed by atoms with Gasteiger partial charge in [-0.25, -0.2) is 4.79 Å². The van der Waals surface area contributed by atoms with Crippen LogP contribution in [-0.4, -0.2) is 20.7 Å². The molecule has 0 unspecified atom stereocenters. The monoisotopic (exact) mass is 335 g/mol. The second kappa shape index (κ2) is 6.26. The molecular weight excluding hydrogens is 312 g/mol. The first-order valence-electron chi connectivity index (χ1n) is 8.66. The van der Waals surface area contributed by atoms with Crippen molar-refractivity contribution >= 4 is 21.9 Å². The molecule has 25 heavy (non-hydrogen) atoms. The van der Waals surface area contributed by atoms with Crippen molar-refractivity contribution in [2.75, 3.05) is 6.54 Å². The molecule has 128 valence electrons. The number of nitrogens with zero attached hydrogens (tertiary/aromatic N) is 2. The molecule has 0 amide bonds. The van der Waals surface area contributed by atoms with Crippen LogP contribution in [0.15, 0.2) is 53.5 Å². The number of para-hydroxylation sites is 1. The standard InChI is InChI=1S/C20H22N4O/c1-23-18-8-7-14(11-19(18)24(2)20(23)25)12-21-10-9-15-13-22-17-6-4-3-5-16(15)17/h3-8,11,13,21-22H,9-10,12H2,1-2H3/p+1. The van der Waals surface area contributed by atoms with E-state index >= 15 is 0 Å². The Morgan fingerprint density at radius 2 is 1.84 bits per heavy atom. The number of imidazole rings is 1. The second-order valence-corrected chi connectivity index (χ2v) is 6.61. The number of H-pyrrole nitrogens is 1. The van der Waals surface area contributed by atoms with Gasteiger partial charge in [0.1, 0.15) is 6.54 Å². The minimum atomic E-state index is 0.0236. The zero-order valence-electron chi connectivity index (χ0n) is 14.6. The molecule has 4 rings (SSSR count). The van der Waals surface area contributed by atoms with Crippen molar-refractivity contribution in [1.82, 2.24) is 14.1 Å². The number of nitrogens with one attached hydrogen (secondary N) is 1. The predicted octanol–water partition coefficient (Wildman–Crippen LogP) is 1.66. The highest BCUT2D eigenvalue weighted by atomic mass is 16.1. The molecule has 0 spiro atoms. The first-order valence-corrected chi connectivity index (χ1v) is 8.66. The third-order valence-electron chi connectivity index (χ3n) is 5.01.